The smallest absolute Gasteiger partial charge is 0.267 e. The molecular weight excluding hydrogens is 328 g/mol. The minimum atomic E-state index is -0.480. The number of carbonyl (C=O) groups is 1. The Morgan fingerprint density at radius 1 is 1.42 bits per heavy atom. The molecule has 0 atom stereocenters. The highest BCUT2D eigenvalue weighted by Gasteiger charge is 2.30. The zero-order chi connectivity index (χ0) is 18.1. The van der Waals surface area contributed by atoms with E-state index in [9.17, 15) is 4.79 Å². The van der Waals surface area contributed by atoms with Crippen molar-refractivity contribution in [2.75, 3.05) is 24.5 Å². The van der Waals surface area contributed by atoms with Gasteiger partial charge in [0.2, 0.25) is 5.96 Å². The van der Waals surface area contributed by atoms with E-state index in [1.54, 1.807) is 6.08 Å². The van der Waals surface area contributed by atoms with Crippen molar-refractivity contribution >= 4 is 28.5 Å². The third-order valence-electron chi connectivity index (χ3n) is 4.89. The molecule has 1 aromatic heterocycles. The van der Waals surface area contributed by atoms with Crippen LogP contribution >= 0.6 is 0 Å². The number of hydrogen-bond donors (Lipinski definition) is 2. The summed E-state index contributed by atoms with van der Waals surface area (Å²) in [5.74, 6) is 1.05. The van der Waals surface area contributed by atoms with Crippen molar-refractivity contribution in [3.63, 3.8) is 0 Å². The van der Waals surface area contributed by atoms with Gasteiger partial charge in [-0.3, -0.25) is 9.89 Å². The summed E-state index contributed by atoms with van der Waals surface area (Å²) >= 11 is 0. The molecule has 7 heteroatoms. The minimum absolute atomic E-state index is 0.340. The predicted octanol–water partition coefficient (Wildman–Crippen LogP) is 2.23. The normalized spacial score (nSPS) is 17.2. The van der Waals surface area contributed by atoms with Crippen molar-refractivity contribution in [1.29, 1.82) is 0 Å². The number of guanidine groups is 1. The Bertz CT molecular complexity index is 879. The zero-order valence-corrected chi connectivity index (χ0v) is 15.0. The third kappa shape index (κ3) is 3.16. The molecule has 2 heterocycles. The quantitative estimate of drug-likeness (QED) is 0.834. The number of fused-ring (bicyclic) bond motifs is 1. The fourth-order valence-electron chi connectivity index (χ4n) is 3.42. The number of nitrogens with two attached hydrogens (primary N) is 1. The average Bonchev–Trinajstić information content (AvgIpc) is 3.33. The first kappa shape index (κ1) is 16.6. The number of amides is 1. The van der Waals surface area contributed by atoms with Gasteiger partial charge in [-0.1, -0.05) is 13.0 Å². The Morgan fingerprint density at radius 2 is 2.27 bits per heavy atom. The van der Waals surface area contributed by atoms with Crippen LogP contribution in [0.25, 0.3) is 10.9 Å². The Kier molecular flexibility index (Phi) is 4.36. The number of primary amides is 1. The van der Waals surface area contributed by atoms with Gasteiger partial charge >= 0.3 is 0 Å². The lowest BCUT2D eigenvalue weighted by atomic mass is 10.2. The van der Waals surface area contributed by atoms with Crippen LogP contribution in [-0.4, -0.2) is 46.6 Å². The summed E-state index contributed by atoms with van der Waals surface area (Å²) in [5.41, 5.74) is 7.87. The summed E-state index contributed by atoms with van der Waals surface area (Å²) in [6, 6.07) is 6.08. The van der Waals surface area contributed by atoms with E-state index in [-0.39, 0.29) is 0 Å². The number of aromatic nitrogens is 2. The number of nitrogens with one attached hydrogen (secondary N) is 1. The number of carbonyl (C=O) groups excluding carboxylic acids is 1. The lowest BCUT2D eigenvalue weighted by Gasteiger charge is -2.36. The Morgan fingerprint density at radius 3 is 3.00 bits per heavy atom. The van der Waals surface area contributed by atoms with Crippen molar-refractivity contribution in [3.8, 4) is 0 Å². The third-order valence-corrected chi connectivity index (χ3v) is 4.89. The standard InChI is InChI=1S/C19H24N6O/c1-2-9-24(12-13-6-7-13)19-22-16(18(20)26)8-10-25(19)17-5-3-4-15-14(17)11-21-23-15/h3-5,8,11,13H,2,6-7,9-10,12H2,1H3,(H2,20,26)(H,21,23). The fourth-order valence-corrected chi connectivity index (χ4v) is 3.42. The van der Waals surface area contributed by atoms with Gasteiger partial charge in [-0.15, -0.1) is 0 Å². The van der Waals surface area contributed by atoms with Crippen molar-refractivity contribution in [1.82, 2.24) is 15.1 Å². The molecule has 1 aromatic carbocycles. The molecule has 0 saturated heterocycles. The molecule has 0 unspecified atom stereocenters. The lowest BCUT2D eigenvalue weighted by molar-refractivity contribution is -0.114. The lowest BCUT2D eigenvalue weighted by Crippen LogP contribution is -2.48. The number of aromatic amines is 1. The minimum Gasteiger partial charge on any atom is -0.364 e. The maximum Gasteiger partial charge on any atom is 0.267 e. The summed E-state index contributed by atoms with van der Waals surface area (Å²) in [6.07, 6.45) is 7.18. The zero-order valence-electron chi connectivity index (χ0n) is 15.0. The number of nitrogens with zero attached hydrogens (tertiary/aromatic N) is 4. The van der Waals surface area contributed by atoms with E-state index >= 15 is 0 Å². The SMILES string of the molecule is CCCN(CC1CC1)C1=NC(C(N)=O)=CCN1c1cccc2[nH]ncc12. The van der Waals surface area contributed by atoms with Crippen LogP contribution in [0.4, 0.5) is 5.69 Å². The average molecular weight is 352 g/mol. The van der Waals surface area contributed by atoms with E-state index in [4.69, 9.17) is 5.73 Å². The number of hydrogen-bond acceptors (Lipinski definition) is 5. The first-order chi connectivity index (χ1) is 12.7. The Balaban J connectivity index is 1.76. The molecule has 4 rings (SSSR count). The summed E-state index contributed by atoms with van der Waals surface area (Å²) in [7, 11) is 0. The number of anilines is 1. The maximum absolute atomic E-state index is 11.7. The topological polar surface area (TPSA) is 90.6 Å². The van der Waals surface area contributed by atoms with Gasteiger partial charge in [0.15, 0.2) is 0 Å². The molecule has 0 spiro atoms. The maximum atomic E-state index is 11.7. The molecule has 136 valence electrons. The first-order valence-corrected chi connectivity index (χ1v) is 9.20. The van der Waals surface area contributed by atoms with Crippen LogP contribution in [0.3, 0.4) is 0 Å². The summed E-state index contributed by atoms with van der Waals surface area (Å²) < 4.78 is 0. The van der Waals surface area contributed by atoms with Gasteiger partial charge in [-0.2, -0.15) is 5.10 Å². The number of benzene rings is 1. The molecule has 1 aliphatic heterocycles. The van der Waals surface area contributed by atoms with Gasteiger partial charge in [0.05, 0.1) is 17.4 Å². The van der Waals surface area contributed by atoms with E-state index in [0.29, 0.717) is 12.2 Å². The molecule has 7 nitrogen and oxygen atoms in total. The van der Waals surface area contributed by atoms with E-state index < -0.39 is 5.91 Å². The van der Waals surface area contributed by atoms with E-state index in [0.717, 1.165) is 48.0 Å². The molecule has 3 N–H and O–H groups in total. The molecule has 0 bridgehead atoms. The van der Waals surface area contributed by atoms with Crippen molar-refractivity contribution < 1.29 is 4.79 Å². The van der Waals surface area contributed by atoms with E-state index in [1.807, 2.05) is 18.3 Å². The summed E-state index contributed by atoms with van der Waals surface area (Å²) in [5, 5.41) is 8.23. The molecule has 1 amide bonds. The van der Waals surface area contributed by atoms with E-state index in [2.05, 4.69) is 38.0 Å². The second-order valence-corrected chi connectivity index (χ2v) is 6.97. The molecule has 2 aromatic rings. The van der Waals surface area contributed by atoms with Crippen LogP contribution < -0.4 is 10.6 Å². The molecular formula is C19H24N6O. The molecule has 1 aliphatic carbocycles. The van der Waals surface area contributed by atoms with Gasteiger partial charge in [-0.25, -0.2) is 4.99 Å². The van der Waals surface area contributed by atoms with E-state index in [1.165, 1.54) is 12.8 Å². The van der Waals surface area contributed by atoms with Crippen LogP contribution in [0.15, 0.2) is 41.2 Å². The molecule has 1 fully saturated rings. The Labute approximate surface area is 152 Å². The van der Waals surface area contributed by atoms with Crippen LogP contribution in [0, 0.1) is 5.92 Å². The van der Waals surface area contributed by atoms with Crippen LogP contribution in [0.2, 0.25) is 0 Å². The van der Waals surface area contributed by atoms with Gasteiger partial charge in [0, 0.05) is 25.0 Å². The first-order valence-electron chi connectivity index (χ1n) is 9.20. The number of rotatable bonds is 6. The van der Waals surface area contributed by atoms with Gasteiger partial charge in [-0.05, 0) is 43.4 Å². The largest absolute Gasteiger partial charge is 0.364 e. The highest BCUT2D eigenvalue weighted by atomic mass is 16.1. The fraction of sp³-hybridized carbons (Fsp3) is 0.421. The molecule has 1 saturated carbocycles. The monoisotopic (exact) mass is 352 g/mol. The second kappa shape index (κ2) is 6.82. The molecule has 2 aliphatic rings. The van der Waals surface area contributed by atoms with Gasteiger partial charge in [0.25, 0.3) is 5.91 Å². The van der Waals surface area contributed by atoms with Crippen molar-refractivity contribution in [3.05, 3.63) is 36.2 Å². The van der Waals surface area contributed by atoms with Crippen LogP contribution in [-0.2, 0) is 4.79 Å². The van der Waals surface area contributed by atoms with Gasteiger partial charge < -0.3 is 15.5 Å². The van der Waals surface area contributed by atoms with Crippen molar-refractivity contribution in [2.45, 2.75) is 26.2 Å². The highest BCUT2D eigenvalue weighted by Crippen LogP contribution is 2.32. The summed E-state index contributed by atoms with van der Waals surface area (Å²) in [6.45, 7) is 4.59. The summed E-state index contributed by atoms with van der Waals surface area (Å²) in [4.78, 5) is 20.8. The number of H-pyrrole nitrogens is 1. The molecule has 0 radical (unpaired) electrons. The van der Waals surface area contributed by atoms with Crippen LogP contribution in [0.5, 0.6) is 0 Å². The number of aliphatic imine (C=N–C) groups is 1. The molecule has 26 heavy (non-hydrogen) atoms. The van der Waals surface area contributed by atoms with Gasteiger partial charge in [0.1, 0.15) is 5.70 Å². The predicted molar refractivity (Wildman–Crippen MR) is 103 cm³/mol. The second-order valence-electron chi connectivity index (χ2n) is 6.97. The highest BCUT2D eigenvalue weighted by molar-refractivity contribution is 6.07. The van der Waals surface area contributed by atoms with Crippen molar-refractivity contribution in [2.24, 2.45) is 16.6 Å². The Hall–Kier alpha value is -2.83. The van der Waals surface area contributed by atoms with Crippen LogP contribution in [0.1, 0.15) is 26.2 Å².